The number of hydrogen-bond acceptors (Lipinski definition) is 2. The zero-order valence-corrected chi connectivity index (χ0v) is 7.72. The van der Waals surface area contributed by atoms with Crippen molar-refractivity contribution < 1.29 is 4.79 Å². The summed E-state index contributed by atoms with van der Waals surface area (Å²) in [6, 6.07) is 5.49. The molecule has 0 fully saturated rings. The van der Waals surface area contributed by atoms with E-state index in [1.165, 1.54) is 0 Å². The molecule has 1 aliphatic rings. The van der Waals surface area contributed by atoms with Gasteiger partial charge in [-0.15, -0.1) is 0 Å². The first-order chi connectivity index (χ1) is 6.01. The number of anilines is 2. The maximum Gasteiger partial charge on any atom is 0.234 e. The Hall–Kier alpha value is -1.51. The lowest BCUT2D eigenvalue weighted by Crippen LogP contribution is -2.26. The molecule has 68 valence electrons. The Morgan fingerprint density at radius 2 is 2.08 bits per heavy atom. The Balaban J connectivity index is 2.64. The Morgan fingerprint density at radius 3 is 2.77 bits per heavy atom. The normalized spacial score (nSPS) is 18.2. The molecular weight excluding hydrogens is 164 g/mol. The summed E-state index contributed by atoms with van der Waals surface area (Å²) in [5.74, 6) is 0.0353. The van der Waals surface area contributed by atoms with Crippen LogP contribution in [0.15, 0.2) is 18.2 Å². The number of rotatable bonds is 0. The van der Waals surface area contributed by atoms with Crippen molar-refractivity contribution in [3.63, 3.8) is 0 Å². The average molecular weight is 176 g/mol. The molecular formula is C10H12N2O. The molecule has 0 saturated carbocycles. The van der Waals surface area contributed by atoms with Gasteiger partial charge in [-0.25, -0.2) is 0 Å². The molecule has 3 N–H and O–H groups in total. The van der Waals surface area contributed by atoms with Gasteiger partial charge in [0, 0.05) is 11.4 Å². The molecule has 13 heavy (non-hydrogen) atoms. The third-order valence-electron chi connectivity index (χ3n) is 2.53. The van der Waals surface area contributed by atoms with Gasteiger partial charge in [-0.3, -0.25) is 4.79 Å². The number of carbonyl (C=O) groups excluding carboxylic acids is 1. The Bertz CT molecular complexity index is 383. The van der Waals surface area contributed by atoms with E-state index in [1.54, 1.807) is 6.07 Å². The van der Waals surface area contributed by atoms with Crippen LogP contribution >= 0.6 is 0 Å². The largest absolute Gasteiger partial charge is 0.399 e. The lowest BCUT2D eigenvalue weighted by Gasteiger charge is -2.14. The topological polar surface area (TPSA) is 55.1 Å². The maximum absolute atomic E-state index is 11.5. The van der Waals surface area contributed by atoms with Gasteiger partial charge in [-0.2, -0.15) is 0 Å². The molecule has 0 aliphatic carbocycles. The van der Waals surface area contributed by atoms with E-state index < -0.39 is 5.41 Å². The lowest BCUT2D eigenvalue weighted by atomic mass is 9.86. The average Bonchev–Trinajstić information content (AvgIpc) is 2.27. The third-order valence-corrected chi connectivity index (χ3v) is 2.53. The van der Waals surface area contributed by atoms with E-state index in [-0.39, 0.29) is 5.91 Å². The standard InChI is InChI=1S/C10H12N2O/c1-10(2)7-5-6(11)3-4-8(7)12-9(10)13/h3-5H,11H2,1-2H3,(H,12,13). The molecule has 1 aromatic carbocycles. The van der Waals surface area contributed by atoms with Crippen LogP contribution in [-0.2, 0) is 10.2 Å². The van der Waals surface area contributed by atoms with Crippen LogP contribution in [-0.4, -0.2) is 5.91 Å². The smallest absolute Gasteiger partial charge is 0.234 e. The van der Waals surface area contributed by atoms with Gasteiger partial charge in [0.05, 0.1) is 5.41 Å². The minimum absolute atomic E-state index is 0.0353. The zero-order chi connectivity index (χ0) is 9.64. The number of nitrogens with one attached hydrogen (secondary N) is 1. The van der Waals surface area contributed by atoms with Crippen molar-refractivity contribution in [2.75, 3.05) is 11.1 Å². The molecule has 1 amide bonds. The molecule has 1 aliphatic heterocycles. The SMILES string of the molecule is CC1(C)C(=O)Nc2ccc(N)cc21. The monoisotopic (exact) mass is 176 g/mol. The van der Waals surface area contributed by atoms with Crippen LogP contribution in [0.25, 0.3) is 0 Å². The third kappa shape index (κ3) is 1.00. The molecule has 3 nitrogen and oxygen atoms in total. The van der Waals surface area contributed by atoms with E-state index in [2.05, 4.69) is 5.32 Å². The van der Waals surface area contributed by atoms with Crippen LogP contribution in [0.1, 0.15) is 19.4 Å². The molecule has 0 unspecified atom stereocenters. The minimum Gasteiger partial charge on any atom is -0.399 e. The lowest BCUT2D eigenvalue weighted by molar-refractivity contribution is -0.119. The molecule has 2 rings (SSSR count). The van der Waals surface area contributed by atoms with Crippen LogP contribution in [0.3, 0.4) is 0 Å². The molecule has 0 aromatic heterocycles. The first-order valence-corrected chi connectivity index (χ1v) is 4.23. The molecule has 0 spiro atoms. The highest BCUT2D eigenvalue weighted by Crippen LogP contribution is 2.37. The molecule has 0 saturated heterocycles. The summed E-state index contributed by atoms with van der Waals surface area (Å²) in [5.41, 5.74) is 7.76. The van der Waals surface area contributed by atoms with Gasteiger partial charge in [0.15, 0.2) is 0 Å². The summed E-state index contributed by atoms with van der Waals surface area (Å²) < 4.78 is 0. The number of hydrogen-bond donors (Lipinski definition) is 2. The summed E-state index contributed by atoms with van der Waals surface area (Å²) >= 11 is 0. The predicted octanol–water partition coefficient (Wildman–Crippen LogP) is 1.50. The summed E-state index contributed by atoms with van der Waals surface area (Å²) in [6.07, 6.45) is 0. The zero-order valence-electron chi connectivity index (χ0n) is 7.72. The van der Waals surface area contributed by atoms with Crippen molar-refractivity contribution >= 4 is 17.3 Å². The number of amides is 1. The number of fused-ring (bicyclic) bond motifs is 1. The second-order valence-corrected chi connectivity index (χ2v) is 3.88. The summed E-state index contributed by atoms with van der Waals surface area (Å²) in [4.78, 5) is 11.5. The van der Waals surface area contributed by atoms with Gasteiger partial charge in [-0.05, 0) is 37.6 Å². The highest BCUT2D eigenvalue weighted by molar-refractivity contribution is 6.05. The number of nitrogen functional groups attached to an aromatic ring is 1. The fourth-order valence-electron chi connectivity index (χ4n) is 1.59. The summed E-state index contributed by atoms with van der Waals surface area (Å²) in [5, 5.41) is 2.82. The molecule has 0 atom stereocenters. The second-order valence-electron chi connectivity index (χ2n) is 3.88. The fourth-order valence-corrected chi connectivity index (χ4v) is 1.59. The van der Waals surface area contributed by atoms with Crippen molar-refractivity contribution in [1.82, 2.24) is 0 Å². The van der Waals surface area contributed by atoms with Crippen molar-refractivity contribution in [2.24, 2.45) is 0 Å². The van der Waals surface area contributed by atoms with Gasteiger partial charge in [0.2, 0.25) is 5.91 Å². The van der Waals surface area contributed by atoms with Crippen molar-refractivity contribution in [3.8, 4) is 0 Å². The van der Waals surface area contributed by atoms with Gasteiger partial charge in [0.1, 0.15) is 0 Å². The molecule has 1 heterocycles. The fraction of sp³-hybridized carbons (Fsp3) is 0.300. The highest BCUT2D eigenvalue weighted by atomic mass is 16.2. The molecule has 0 bridgehead atoms. The van der Waals surface area contributed by atoms with E-state index in [0.29, 0.717) is 5.69 Å². The molecule has 3 heteroatoms. The van der Waals surface area contributed by atoms with E-state index in [4.69, 9.17) is 5.73 Å². The summed E-state index contributed by atoms with van der Waals surface area (Å²) in [7, 11) is 0. The Kier molecular flexibility index (Phi) is 1.40. The van der Waals surface area contributed by atoms with E-state index in [0.717, 1.165) is 11.3 Å². The van der Waals surface area contributed by atoms with E-state index in [9.17, 15) is 4.79 Å². The van der Waals surface area contributed by atoms with Gasteiger partial charge in [-0.1, -0.05) is 0 Å². The number of nitrogens with two attached hydrogens (primary N) is 1. The van der Waals surface area contributed by atoms with E-state index in [1.807, 2.05) is 26.0 Å². The van der Waals surface area contributed by atoms with Gasteiger partial charge >= 0.3 is 0 Å². The van der Waals surface area contributed by atoms with Gasteiger partial charge in [0.25, 0.3) is 0 Å². The number of carbonyl (C=O) groups is 1. The molecule has 1 aromatic rings. The quantitative estimate of drug-likeness (QED) is 0.588. The highest BCUT2D eigenvalue weighted by Gasteiger charge is 2.38. The Labute approximate surface area is 76.9 Å². The van der Waals surface area contributed by atoms with Gasteiger partial charge < -0.3 is 11.1 Å². The summed E-state index contributed by atoms with van der Waals surface area (Å²) in [6.45, 7) is 3.79. The predicted molar refractivity (Wildman–Crippen MR) is 52.5 cm³/mol. The first kappa shape index (κ1) is 8.10. The molecule has 0 radical (unpaired) electrons. The van der Waals surface area contributed by atoms with Crippen LogP contribution in [0, 0.1) is 0 Å². The van der Waals surface area contributed by atoms with Crippen molar-refractivity contribution in [3.05, 3.63) is 23.8 Å². The van der Waals surface area contributed by atoms with Crippen molar-refractivity contribution in [1.29, 1.82) is 0 Å². The van der Waals surface area contributed by atoms with Crippen LogP contribution in [0.4, 0.5) is 11.4 Å². The van der Waals surface area contributed by atoms with Crippen LogP contribution in [0.2, 0.25) is 0 Å². The second kappa shape index (κ2) is 2.25. The Morgan fingerprint density at radius 1 is 1.38 bits per heavy atom. The number of benzene rings is 1. The minimum atomic E-state index is -0.454. The van der Waals surface area contributed by atoms with Crippen molar-refractivity contribution in [2.45, 2.75) is 19.3 Å². The first-order valence-electron chi connectivity index (χ1n) is 4.23. The van der Waals surface area contributed by atoms with Crippen LogP contribution < -0.4 is 11.1 Å². The maximum atomic E-state index is 11.5. The van der Waals surface area contributed by atoms with Crippen LogP contribution in [0.5, 0.6) is 0 Å². The van der Waals surface area contributed by atoms with E-state index >= 15 is 0 Å².